The highest BCUT2D eigenvalue weighted by molar-refractivity contribution is 5.21. The Kier molecular flexibility index (Phi) is 4.97. The van der Waals surface area contributed by atoms with Crippen molar-refractivity contribution in [3.8, 4) is 0 Å². The molecule has 6 heteroatoms. The summed E-state index contributed by atoms with van der Waals surface area (Å²) in [5.74, 6) is 0. The Morgan fingerprint density at radius 1 is 1.12 bits per heavy atom. The molecule has 24 heavy (non-hydrogen) atoms. The number of aromatic nitrogens is 2. The summed E-state index contributed by atoms with van der Waals surface area (Å²) >= 11 is 0. The highest BCUT2D eigenvalue weighted by Crippen LogP contribution is 2.22. The summed E-state index contributed by atoms with van der Waals surface area (Å²) in [4.78, 5) is 27.8. The van der Waals surface area contributed by atoms with Crippen LogP contribution in [0, 0.1) is 6.92 Å². The molecular formula is C18H23N3O3. The van der Waals surface area contributed by atoms with Gasteiger partial charge in [0.1, 0.15) is 0 Å². The molecule has 2 heterocycles. The minimum Gasteiger partial charge on any atom is -0.391 e. The van der Waals surface area contributed by atoms with Crippen LogP contribution in [0.4, 0.5) is 0 Å². The van der Waals surface area contributed by atoms with E-state index in [1.165, 1.54) is 28.0 Å². The summed E-state index contributed by atoms with van der Waals surface area (Å²) in [6.07, 6.45) is 2.14. The van der Waals surface area contributed by atoms with E-state index in [0.29, 0.717) is 12.8 Å². The third-order valence-electron chi connectivity index (χ3n) is 4.66. The SMILES string of the molecule is Cc1ccc(CN2CC[C@H](O)[C@@H](n3ccc(=O)[nH]c3=O)CC2)cc1. The van der Waals surface area contributed by atoms with Crippen LogP contribution in [-0.2, 0) is 6.54 Å². The van der Waals surface area contributed by atoms with Crippen LogP contribution < -0.4 is 11.2 Å². The lowest BCUT2D eigenvalue weighted by Gasteiger charge is -2.22. The number of aromatic amines is 1. The summed E-state index contributed by atoms with van der Waals surface area (Å²) in [6, 6.07) is 9.47. The van der Waals surface area contributed by atoms with Crippen molar-refractivity contribution < 1.29 is 5.11 Å². The third-order valence-corrected chi connectivity index (χ3v) is 4.66. The zero-order valence-electron chi connectivity index (χ0n) is 13.8. The van der Waals surface area contributed by atoms with Crippen molar-refractivity contribution in [1.82, 2.24) is 14.5 Å². The first-order chi connectivity index (χ1) is 11.5. The molecule has 6 nitrogen and oxygen atoms in total. The van der Waals surface area contributed by atoms with E-state index in [0.717, 1.165) is 19.6 Å². The molecule has 1 aromatic heterocycles. The Labute approximate surface area is 140 Å². The van der Waals surface area contributed by atoms with E-state index in [1.54, 1.807) is 0 Å². The molecule has 0 saturated carbocycles. The van der Waals surface area contributed by atoms with Crippen LogP contribution in [0.25, 0.3) is 0 Å². The molecule has 1 aromatic carbocycles. The summed E-state index contributed by atoms with van der Waals surface area (Å²) in [7, 11) is 0. The van der Waals surface area contributed by atoms with Gasteiger partial charge >= 0.3 is 5.69 Å². The lowest BCUT2D eigenvalue weighted by Crippen LogP contribution is -2.36. The van der Waals surface area contributed by atoms with Gasteiger partial charge in [0.2, 0.25) is 0 Å². The molecular weight excluding hydrogens is 306 g/mol. The number of benzene rings is 1. The molecule has 128 valence electrons. The number of aliphatic hydroxyl groups is 1. The van der Waals surface area contributed by atoms with Gasteiger partial charge in [-0.2, -0.15) is 0 Å². The van der Waals surface area contributed by atoms with Crippen molar-refractivity contribution >= 4 is 0 Å². The van der Waals surface area contributed by atoms with Crippen molar-refractivity contribution in [2.24, 2.45) is 0 Å². The van der Waals surface area contributed by atoms with Gasteiger partial charge < -0.3 is 5.11 Å². The molecule has 0 unspecified atom stereocenters. The number of nitrogens with zero attached hydrogens (tertiary/aromatic N) is 2. The molecule has 2 atom stereocenters. The van der Waals surface area contributed by atoms with Gasteiger partial charge in [0, 0.05) is 31.9 Å². The molecule has 1 fully saturated rings. The van der Waals surface area contributed by atoms with Gasteiger partial charge in [-0.25, -0.2) is 4.79 Å². The second kappa shape index (κ2) is 7.15. The normalized spacial score (nSPS) is 22.2. The molecule has 3 rings (SSSR count). The number of rotatable bonds is 3. The maximum absolute atomic E-state index is 12.0. The Balaban J connectivity index is 1.72. The number of likely N-dealkylation sites (tertiary alicyclic amines) is 1. The van der Waals surface area contributed by atoms with Crippen molar-refractivity contribution in [2.45, 2.75) is 38.5 Å². The van der Waals surface area contributed by atoms with Crippen LogP contribution >= 0.6 is 0 Å². The zero-order valence-corrected chi connectivity index (χ0v) is 13.8. The first-order valence-corrected chi connectivity index (χ1v) is 8.30. The molecule has 1 aliphatic heterocycles. The minimum atomic E-state index is -0.600. The van der Waals surface area contributed by atoms with E-state index >= 15 is 0 Å². The summed E-state index contributed by atoms with van der Waals surface area (Å²) in [5, 5.41) is 10.4. The number of aliphatic hydroxyl groups excluding tert-OH is 1. The van der Waals surface area contributed by atoms with E-state index in [4.69, 9.17) is 0 Å². The van der Waals surface area contributed by atoms with Crippen LogP contribution in [-0.4, -0.2) is 38.8 Å². The minimum absolute atomic E-state index is 0.308. The van der Waals surface area contributed by atoms with Gasteiger partial charge in [0.25, 0.3) is 5.56 Å². The van der Waals surface area contributed by atoms with E-state index in [1.807, 2.05) is 0 Å². The third kappa shape index (κ3) is 3.83. The van der Waals surface area contributed by atoms with Gasteiger partial charge in [-0.05, 0) is 25.3 Å². The molecule has 0 bridgehead atoms. The van der Waals surface area contributed by atoms with Crippen LogP contribution in [0.3, 0.4) is 0 Å². The van der Waals surface area contributed by atoms with Gasteiger partial charge in [-0.3, -0.25) is 19.2 Å². The highest BCUT2D eigenvalue weighted by atomic mass is 16.3. The average Bonchev–Trinajstić information content (AvgIpc) is 2.72. The number of H-pyrrole nitrogens is 1. The van der Waals surface area contributed by atoms with Crippen molar-refractivity contribution in [3.63, 3.8) is 0 Å². The maximum atomic E-state index is 12.0. The molecule has 0 aliphatic carbocycles. The Morgan fingerprint density at radius 3 is 2.54 bits per heavy atom. The summed E-state index contributed by atoms with van der Waals surface area (Å²) < 4.78 is 1.45. The highest BCUT2D eigenvalue weighted by Gasteiger charge is 2.26. The molecule has 1 saturated heterocycles. The van der Waals surface area contributed by atoms with E-state index < -0.39 is 17.4 Å². The number of aryl methyl sites for hydroxylation is 1. The molecule has 2 N–H and O–H groups in total. The van der Waals surface area contributed by atoms with Crippen LogP contribution in [0.2, 0.25) is 0 Å². The second-order valence-corrected chi connectivity index (χ2v) is 6.49. The summed E-state index contributed by atoms with van der Waals surface area (Å²) in [5.41, 5.74) is 1.61. The van der Waals surface area contributed by atoms with Crippen molar-refractivity contribution in [1.29, 1.82) is 0 Å². The molecule has 1 aliphatic rings. The van der Waals surface area contributed by atoms with Crippen LogP contribution in [0.5, 0.6) is 0 Å². The molecule has 0 amide bonds. The fraction of sp³-hybridized carbons (Fsp3) is 0.444. The molecule has 0 radical (unpaired) electrons. The Hall–Kier alpha value is -2.18. The van der Waals surface area contributed by atoms with E-state index in [2.05, 4.69) is 41.1 Å². The first kappa shape index (κ1) is 16.7. The van der Waals surface area contributed by atoms with Crippen molar-refractivity contribution in [2.75, 3.05) is 13.1 Å². The lowest BCUT2D eigenvalue weighted by molar-refractivity contribution is 0.105. The van der Waals surface area contributed by atoms with Gasteiger partial charge in [0.15, 0.2) is 0 Å². The second-order valence-electron chi connectivity index (χ2n) is 6.49. The van der Waals surface area contributed by atoms with Gasteiger partial charge in [-0.1, -0.05) is 29.8 Å². The monoisotopic (exact) mass is 329 g/mol. The van der Waals surface area contributed by atoms with Gasteiger partial charge in [0.05, 0.1) is 12.1 Å². The Morgan fingerprint density at radius 2 is 1.83 bits per heavy atom. The molecule has 2 aromatic rings. The predicted molar refractivity (Wildman–Crippen MR) is 92.1 cm³/mol. The topological polar surface area (TPSA) is 78.3 Å². The number of hydrogen-bond acceptors (Lipinski definition) is 4. The zero-order chi connectivity index (χ0) is 17.1. The lowest BCUT2D eigenvalue weighted by atomic mass is 10.1. The number of hydrogen-bond donors (Lipinski definition) is 2. The Bertz CT molecular complexity index is 794. The maximum Gasteiger partial charge on any atom is 0.328 e. The quantitative estimate of drug-likeness (QED) is 0.882. The number of nitrogens with one attached hydrogen (secondary N) is 1. The first-order valence-electron chi connectivity index (χ1n) is 8.30. The standard InChI is InChI=1S/C18H23N3O3/c1-13-2-4-14(5-3-13)12-20-9-6-15(16(22)7-10-20)21-11-8-17(23)19-18(21)24/h2-5,8,11,15-16,22H,6-7,9-10,12H2,1H3,(H,19,23,24)/t15-,16-/m0/s1. The van der Waals surface area contributed by atoms with E-state index in [-0.39, 0.29) is 6.04 Å². The fourth-order valence-corrected chi connectivity index (χ4v) is 3.25. The largest absolute Gasteiger partial charge is 0.391 e. The smallest absolute Gasteiger partial charge is 0.328 e. The van der Waals surface area contributed by atoms with Gasteiger partial charge in [-0.15, -0.1) is 0 Å². The fourth-order valence-electron chi connectivity index (χ4n) is 3.25. The average molecular weight is 329 g/mol. The van der Waals surface area contributed by atoms with Crippen molar-refractivity contribution in [3.05, 3.63) is 68.5 Å². The van der Waals surface area contributed by atoms with Crippen LogP contribution in [0.1, 0.15) is 30.0 Å². The van der Waals surface area contributed by atoms with E-state index in [9.17, 15) is 14.7 Å². The predicted octanol–water partition coefficient (Wildman–Crippen LogP) is 1.04. The summed E-state index contributed by atoms with van der Waals surface area (Å²) in [6.45, 7) is 4.48. The molecule has 0 spiro atoms. The van der Waals surface area contributed by atoms with Crippen LogP contribution in [0.15, 0.2) is 46.1 Å².